The van der Waals surface area contributed by atoms with Gasteiger partial charge in [-0.1, -0.05) is 18.2 Å². The number of β-amino-alcohol motifs (C(OH)–C–C–N with tert-alkyl or cyclic N) is 1. The largest absolute Gasteiger partial charge is 0.389 e. The van der Waals surface area contributed by atoms with E-state index in [2.05, 4.69) is 5.32 Å². The molecular formula is C12H14FNO2. The summed E-state index contributed by atoms with van der Waals surface area (Å²) < 4.78 is 12.7. The van der Waals surface area contributed by atoms with Crippen LogP contribution < -0.4 is 5.32 Å². The minimum absolute atomic E-state index is 0.287. The Morgan fingerprint density at radius 2 is 1.94 bits per heavy atom. The lowest BCUT2D eigenvalue weighted by molar-refractivity contribution is 0.0308. The molecule has 1 fully saturated rings. The van der Waals surface area contributed by atoms with Crippen LogP contribution in [0, 0.1) is 5.82 Å². The zero-order valence-corrected chi connectivity index (χ0v) is 8.73. The van der Waals surface area contributed by atoms with Crippen LogP contribution in [0.25, 0.3) is 6.08 Å². The fraction of sp³-hybridized carbons (Fsp3) is 0.333. The van der Waals surface area contributed by atoms with Crippen LogP contribution >= 0.6 is 0 Å². The van der Waals surface area contributed by atoms with Gasteiger partial charge in [0.1, 0.15) is 11.9 Å². The van der Waals surface area contributed by atoms with Gasteiger partial charge >= 0.3 is 0 Å². The maximum Gasteiger partial charge on any atom is 0.123 e. The molecule has 4 heteroatoms. The molecular weight excluding hydrogens is 209 g/mol. The van der Waals surface area contributed by atoms with Crippen molar-refractivity contribution in [1.29, 1.82) is 0 Å². The van der Waals surface area contributed by atoms with Crippen molar-refractivity contribution in [2.45, 2.75) is 12.2 Å². The molecule has 1 heterocycles. The van der Waals surface area contributed by atoms with E-state index in [9.17, 15) is 14.6 Å². The highest BCUT2D eigenvalue weighted by Gasteiger charge is 2.24. The molecule has 0 radical (unpaired) electrons. The van der Waals surface area contributed by atoms with Crippen molar-refractivity contribution in [3.8, 4) is 0 Å². The minimum atomic E-state index is -0.841. The highest BCUT2D eigenvalue weighted by Crippen LogP contribution is 2.15. The van der Waals surface area contributed by atoms with E-state index in [0.717, 1.165) is 5.56 Å². The molecule has 0 saturated carbocycles. The Hall–Kier alpha value is -1.23. The number of benzene rings is 1. The van der Waals surface area contributed by atoms with Gasteiger partial charge in [0.05, 0.1) is 6.10 Å². The van der Waals surface area contributed by atoms with Crippen molar-refractivity contribution >= 4 is 6.08 Å². The SMILES string of the molecule is O[C@@H]1CNC/C(=C\c2ccc(F)cc2)[C@H]1O. The number of aliphatic hydroxyl groups excluding tert-OH is 2. The van der Waals surface area contributed by atoms with E-state index in [1.54, 1.807) is 18.2 Å². The summed E-state index contributed by atoms with van der Waals surface area (Å²) in [6.45, 7) is 0.928. The average Bonchev–Trinajstić information content (AvgIpc) is 2.28. The van der Waals surface area contributed by atoms with E-state index in [-0.39, 0.29) is 5.82 Å². The second kappa shape index (κ2) is 4.74. The van der Waals surface area contributed by atoms with Crippen LogP contribution in [0.3, 0.4) is 0 Å². The molecule has 0 amide bonds. The van der Waals surface area contributed by atoms with Gasteiger partial charge in [0.2, 0.25) is 0 Å². The van der Waals surface area contributed by atoms with Gasteiger partial charge in [-0.3, -0.25) is 0 Å². The van der Waals surface area contributed by atoms with Gasteiger partial charge in [-0.2, -0.15) is 0 Å². The Kier molecular flexibility index (Phi) is 3.33. The molecule has 16 heavy (non-hydrogen) atoms. The molecule has 86 valence electrons. The van der Waals surface area contributed by atoms with Crippen LogP contribution in [-0.4, -0.2) is 35.5 Å². The van der Waals surface area contributed by atoms with Gasteiger partial charge in [0, 0.05) is 13.1 Å². The molecule has 1 aromatic carbocycles. The first kappa shape index (κ1) is 11.3. The highest BCUT2D eigenvalue weighted by molar-refractivity contribution is 5.54. The molecule has 1 saturated heterocycles. The van der Waals surface area contributed by atoms with E-state index in [4.69, 9.17) is 0 Å². The van der Waals surface area contributed by atoms with Gasteiger partial charge in [-0.25, -0.2) is 4.39 Å². The summed E-state index contributed by atoms with van der Waals surface area (Å²) in [5, 5.41) is 22.2. The van der Waals surface area contributed by atoms with Crippen LogP contribution in [0.4, 0.5) is 4.39 Å². The second-order valence-electron chi connectivity index (χ2n) is 3.91. The van der Waals surface area contributed by atoms with E-state index >= 15 is 0 Å². The first-order valence-electron chi connectivity index (χ1n) is 5.20. The Morgan fingerprint density at radius 1 is 1.25 bits per heavy atom. The predicted octanol–water partition coefficient (Wildman–Crippen LogP) is 0.534. The third-order valence-electron chi connectivity index (χ3n) is 2.65. The number of halogens is 1. The third-order valence-corrected chi connectivity index (χ3v) is 2.65. The van der Waals surface area contributed by atoms with Crippen molar-refractivity contribution in [2.75, 3.05) is 13.1 Å². The molecule has 0 bridgehead atoms. The van der Waals surface area contributed by atoms with Crippen molar-refractivity contribution < 1.29 is 14.6 Å². The van der Waals surface area contributed by atoms with Gasteiger partial charge in [-0.15, -0.1) is 0 Å². The molecule has 2 rings (SSSR count). The zero-order valence-electron chi connectivity index (χ0n) is 8.73. The summed E-state index contributed by atoms with van der Waals surface area (Å²) in [4.78, 5) is 0. The molecule has 0 unspecified atom stereocenters. The maximum atomic E-state index is 12.7. The lowest BCUT2D eigenvalue weighted by Gasteiger charge is -2.27. The molecule has 2 atom stereocenters. The molecule has 1 aromatic rings. The molecule has 1 aliphatic heterocycles. The van der Waals surface area contributed by atoms with Gasteiger partial charge < -0.3 is 15.5 Å². The van der Waals surface area contributed by atoms with Crippen LogP contribution in [0.15, 0.2) is 29.8 Å². The normalized spacial score (nSPS) is 28.3. The van der Waals surface area contributed by atoms with E-state index in [1.807, 2.05) is 0 Å². The monoisotopic (exact) mass is 223 g/mol. The second-order valence-corrected chi connectivity index (χ2v) is 3.91. The Bertz CT molecular complexity index is 389. The number of aliphatic hydroxyl groups is 2. The summed E-state index contributed by atoms with van der Waals surface area (Å²) in [5.74, 6) is -0.287. The van der Waals surface area contributed by atoms with E-state index in [1.165, 1.54) is 12.1 Å². The number of hydrogen-bond donors (Lipinski definition) is 3. The first-order valence-corrected chi connectivity index (χ1v) is 5.20. The number of rotatable bonds is 1. The highest BCUT2D eigenvalue weighted by atomic mass is 19.1. The van der Waals surface area contributed by atoms with Crippen LogP contribution in [0.1, 0.15) is 5.56 Å². The van der Waals surface area contributed by atoms with Crippen molar-refractivity contribution in [3.05, 3.63) is 41.2 Å². The topological polar surface area (TPSA) is 52.5 Å². The quantitative estimate of drug-likeness (QED) is 0.651. The Balaban J connectivity index is 2.19. The van der Waals surface area contributed by atoms with Crippen LogP contribution in [-0.2, 0) is 0 Å². The number of nitrogens with one attached hydrogen (secondary N) is 1. The summed E-state index contributed by atoms with van der Waals surface area (Å²) in [6.07, 6.45) is 0.145. The predicted molar refractivity (Wildman–Crippen MR) is 59.3 cm³/mol. The summed E-state index contributed by atoms with van der Waals surface area (Å²) in [6, 6.07) is 6.00. The maximum absolute atomic E-state index is 12.7. The summed E-state index contributed by atoms with van der Waals surface area (Å²) in [5.41, 5.74) is 1.52. The fourth-order valence-electron chi connectivity index (χ4n) is 1.74. The number of piperidine rings is 1. The molecule has 0 spiro atoms. The van der Waals surface area contributed by atoms with Crippen molar-refractivity contribution in [2.24, 2.45) is 0 Å². The zero-order chi connectivity index (χ0) is 11.5. The average molecular weight is 223 g/mol. The molecule has 3 N–H and O–H groups in total. The Labute approximate surface area is 93.2 Å². The van der Waals surface area contributed by atoms with Crippen LogP contribution in [0.5, 0.6) is 0 Å². The first-order chi connectivity index (χ1) is 7.66. The molecule has 1 aliphatic rings. The van der Waals surface area contributed by atoms with E-state index in [0.29, 0.717) is 18.7 Å². The lowest BCUT2D eigenvalue weighted by atomic mass is 9.98. The van der Waals surface area contributed by atoms with Crippen molar-refractivity contribution in [1.82, 2.24) is 5.32 Å². The van der Waals surface area contributed by atoms with Gasteiger partial charge in [-0.05, 0) is 23.3 Å². The standard InChI is InChI=1S/C12H14FNO2/c13-10-3-1-8(2-4-10)5-9-6-14-7-11(15)12(9)16/h1-5,11-12,14-16H,6-7H2/b9-5+/t11-,12-/m1/s1. The van der Waals surface area contributed by atoms with Gasteiger partial charge in [0.25, 0.3) is 0 Å². The third kappa shape index (κ3) is 2.47. The summed E-state index contributed by atoms with van der Waals surface area (Å²) >= 11 is 0. The van der Waals surface area contributed by atoms with E-state index < -0.39 is 12.2 Å². The Morgan fingerprint density at radius 3 is 2.62 bits per heavy atom. The number of hydrogen-bond acceptors (Lipinski definition) is 3. The lowest BCUT2D eigenvalue weighted by Crippen LogP contribution is -2.45. The fourth-order valence-corrected chi connectivity index (χ4v) is 1.74. The smallest absolute Gasteiger partial charge is 0.123 e. The minimum Gasteiger partial charge on any atom is -0.389 e. The molecule has 0 aliphatic carbocycles. The summed E-state index contributed by atoms with van der Waals surface area (Å²) in [7, 11) is 0. The van der Waals surface area contributed by atoms with Crippen molar-refractivity contribution in [3.63, 3.8) is 0 Å². The van der Waals surface area contributed by atoms with Crippen LogP contribution in [0.2, 0.25) is 0 Å². The van der Waals surface area contributed by atoms with Gasteiger partial charge in [0.15, 0.2) is 0 Å². The molecule has 3 nitrogen and oxygen atoms in total. The molecule has 0 aromatic heterocycles.